The summed E-state index contributed by atoms with van der Waals surface area (Å²) in [7, 11) is -2.45. The molecule has 1 aliphatic heterocycles. The molecule has 34 heavy (non-hydrogen) atoms. The van der Waals surface area contributed by atoms with Crippen molar-refractivity contribution in [3.8, 4) is 0 Å². The Bertz CT molecular complexity index is 965. The molecule has 1 saturated heterocycles. The van der Waals surface area contributed by atoms with Crippen LogP contribution >= 0.6 is 0 Å². The molecule has 0 N–H and O–H groups in total. The van der Waals surface area contributed by atoms with E-state index >= 15 is 4.39 Å². The van der Waals surface area contributed by atoms with Crippen molar-refractivity contribution in [1.29, 1.82) is 0 Å². The van der Waals surface area contributed by atoms with Crippen LogP contribution in [0.3, 0.4) is 0 Å². The Labute approximate surface area is 208 Å². The average molecular weight is 487 g/mol. The smallest absolute Gasteiger partial charge is 0.416 e. The molecule has 0 atom stereocenters. The third-order valence-corrected chi connectivity index (χ3v) is 14.4. The summed E-state index contributed by atoms with van der Waals surface area (Å²) in [4.78, 5) is 0. The molecule has 1 aliphatic rings. The van der Waals surface area contributed by atoms with Crippen molar-refractivity contribution in [1.82, 2.24) is 0 Å². The first-order valence-electron chi connectivity index (χ1n) is 12.9. The van der Waals surface area contributed by atoms with Crippen LogP contribution in [-0.4, -0.2) is 33.2 Å². The van der Waals surface area contributed by atoms with Gasteiger partial charge >= 0.3 is 7.12 Å². The summed E-state index contributed by atoms with van der Waals surface area (Å²) in [5.41, 5.74) is 2.36. The minimum Gasteiger partial charge on any atom is -0.416 e. The molecule has 1 fully saturated rings. The minimum absolute atomic E-state index is 0.170. The fourth-order valence-corrected chi connectivity index (χ4v) is 11.4. The van der Waals surface area contributed by atoms with Gasteiger partial charge in [0.25, 0.3) is 0 Å². The Morgan fingerprint density at radius 3 is 1.97 bits per heavy atom. The van der Waals surface area contributed by atoms with Crippen LogP contribution in [0.4, 0.5) is 4.39 Å². The van der Waals surface area contributed by atoms with E-state index < -0.39 is 26.6 Å². The largest absolute Gasteiger partial charge is 0.495 e. The summed E-state index contributed by atoms with van der Waals surface area (Å²) in [6, 6.07) is 9.49. The fourth-order valence-electron chi connectivity index (χ4n) is 5.87. The lowest BCUT2D eigenvalue weighted by Crippen LogP contribution is -2.48. The highest BCUT2D eigenvalue weighted by atomic mass is 28.4. The quantitative estimate of drug-likeness (QED) is 0.273. The van der Waals surface area contributed by atoms with Crippen LogP contribution in [0.1, 0.15) is 81.2 Å². The zero-order valence-corrected chi connectivity index (χ0v) is 23.9. The first kappa shape index (κ1) is 27.4. The van der Waals surface area contributed by atoms with Gasteiger partial charge < -0.3 is 13.7 Å². The predicted molar refractivity (Wildman–Crippen MR) is 145 cm³/mol. The van der Waals surface area contributed by atoms with Crippen LogP contribution in [0.25, 0.3) is 10.8 Å². The first-order chi connectivity index (χ1) is 15.7. The van der Waals surface area contributed by atoms with Gasteiger partial charge in [0.2, 0.25) is 0 Å². The van der Waals surface area contributed by atoms with Crippen molar-refractivity contribution in [2.45, 2.75) is 110 Å². The fraction of sp³-hybridized carbons (Fsp3) is 0.643. The van der Waals surface area contributed by atoms with Gasteiger partial charge in [-0.25, -0.2) is 4.39 Å². The van der Waals surface area contributed by atoms with E-state index in [0.29, 0.717) is 29.7 Å². The van der Waals surface area contributed by atoms with E-state index in [4.69, 9.17) is 13.7 Å². The Morgan fingerprint density at radius 1 is 0.882 bits per heavy atom. The molecule has 3 nitrogen and oxygen atoms in total. The molecule has 1 heterocycles. The van der Waals surface area contributed by atoms with Crippen LogP contribution in [-0.2, 0) is 20.2 Å². The molecule has 0 radical (unpaired) electrons. The zero-order chi connectivity index (χ0) is 25.5. The number of benzene rings is 2. The van der Waals surface area contributed by atoms with Gasteiger partial charge in [-0.2, -0.15) is 0 Å². The van der Waals surface area contributed by atoms with Crippen molar-refractivity contribution in [3.05, 3.63) is 41.7 Å². The SMILES string of the molecule is CC(C)[Si](OCCCc1c(F)ccc2cccc(B3OC(C)(C)C(C)(C)O3)c12)(C(C)C)C(C)C. The summed E-state index contributed by atoms with van der Waals surface area (Å²) >= 11 is 0. The lowest BCUT2D eigenvalue weighted by molar-refractivity contribution is 0.00578. The van der Waals surface area contributed by atoms with Gasteiger partial charge in [-0.1, -0.05) is 65.8 Å². The Hall–Kier alpha value is -1.21. The van der Waals surface area contributed by atoms with Gasteiger partial charge in [-0.05, 0) is 85.0 Å². The lowest BCUT2D eigenvalue weighted by atomic mass is 9.74. The van der Waals surface area contributed by atoms with E-state index in [1.807, 2.05) is 52.0 Å². The van der Waals surface area contributed by atoms with E-state index in [9.17, 15) is 0 Å². The maximum Gasteiger partial charge on any atom is 0.495 e. The number of aryl methyl sites for hydroxylation is 1. The molecule has 0 spiro atoms. The molecule has 0 unspecified atom stereocenters. The summed E-state index contributed by atoms with van der Waals surface area (Å²) in [6.07, 6.45) is 1.41. The molecule has 3 rings (SSSR count). The summed E-state index contributed by atoms with van der Waals surface area (Å²) in [5, 5.41) is 1.93. The summed E-state index contributed by atoms with van der Waals surface area (Å²) < 4.78 is 34.6. The van der Waals surface area contributed by atoms with Crippen molar-refractivity contribution < 1.29 is 18.1 Å². The topological polar surface area (TPSA) is 27.7 Å². The third kappa shape index (κ3) is 4.89. The monoisotopic (exact) mass is 486 g/mol. The highest BCUT2D eigenvalue weighted by Crippen LogP contribution is 2.42. The lowest BCUT2D eigenvalue weighted by Gasteiger charge is -2.42. The normalized spacial score (nSPS) is 18.1. The first-order valence-corrected chi connectivity index (χ1v) is 15.1. The molecule has 2 aromatic rings. The zero-order valence-electron chi connectivity index (χ0n) is 22.9. The van der Waals surface area contributed by atoms with E-state index in [0.717, 1.165) is 28.2 Å². The van der Waals surface area contributed by atoms with Gasteiger partial charge in [-0.3, -0.25) is 0 Å². The van der Waals surface area contributed by atoms with E-state index in [-0.39, 0.29) is 5.82 Å². The minimum atomic E-state index is -1.93. The molecular weight excluding hydrogens is 442 g/mol. The van der Waals surface area contributed by atoms with Crippen LogP contribution in [0.2, 0.25) is 16.6 Å². The Balaban J connectivity index is 1.88. The van der Waals surface area contributed by atoms with Crippen LogP contribution < -0.4 is 5.46 Å². The summed E-state index contributed by atoms with van der Waals surface area (Å²) in [5.74, 6) is -0.170. The average Bonchev–Trinajstić information content (AvgIpc) is 2.95. The summed E-state index contributed by atoms with van der Waals surface area (Å²) in [6.45, 7) is 22.6. The van der Waals surface area contributed by atoms with Crippen molar-refractivity contribution in [2.24, 2.45) is 0 Å². The van der Waals surface area contributed by atoms with Gasteiger partial charge in [0.1, 0.15) is 5.82 Å². The second-order valence-electron chi connectivity index (χ2n) is 11.8. The number of fused-ring (bicyclic) bond motifs is 1. The van der Waals surface area contributed by atoms with Gasteiger partial charge in [0, 0.05) is 6.61 Å². The second-order valence-corrected chi connectivity index (χ2v) is 17.3. The van der Waals surface area contributed by atoms with Gasteiger partial charge in [-0.15, -0.1) is 0 Å². The molecule has 0 aromatic heterocycles. The molecule has 6 heteroatoms. The Morgan fingerprint density at radius 2 is 1.44 bits per heavy atom. The predicted octanol–water partition coefficient (Wildman–Crippen LogP) is 7.40. The number of rotatable bonds is 9. The maximum atomic E-state index is 15.2. The van der Waals surface area contributed by atoms with E-state index in [1.165, 1.54) is 0 Å². The van der Waals surface area contributed by atoms with Crippen LogP contribution in [0.5, 0.6) is 0 Å². The number of hydrogen-bond donors (Lipinski definition) is 0. The van der Waals surface area contributed by atoms with Gasteiger partial charge in [0.05, 0.1) is 11.2 Å². The molecule has 2 aromatic carbocycles. The molecule has 0 saturated carbocycles. The molecular formula is C28H44BFO3Si. The standard InChI is InChI=1S/C28H44BFO3Si/c1-19(2)34(20(3)4,21(5)6)31-18-12-14-23-25(30)17-16-22-13-11-15-24(26(22)23)29-32-27(7,8)28(9,10)33-29/h11,13,15-17,19-21H,12,14,18H2,1-10H3. The second kappa shape index (κ2) is 10.0. The highest BCUT2D eigenvalue weighted by Gasteiger charge is 2.52. The van der Waals surface area contributed by atoms with E-state index in [1.54, 1.807) is 6.07 Å². The van der Waals surface area contributed by atoms with Crippen molar-refractivity contribution in [3.63, 3.8) is 0 Å². The molecule has 0 amide bonds. The highest BCUT2D eigenvalue weighted by molar-refractivity contribution is 6.77. The van der Waals surface area contributed by atoms with Crippen molar-refractivity contribution in [2.75, 3.05) is 6.61 Å². The molecule has 0 bridgehead atoms. The van der Waals surface area contributed by atoms with E-state index in [2.05, 4.69) is 41.5 Å². The number of halogens is 1. The van der Waals surface area contributed by atoms with Crippen LogP contribution in [0.15, 0.2) is 30.3 Å². The number of hydrogen-bond acceptors (Lipinski definition) is 3. The third-order valence-electron chi connectivity index (χ3n) is 8.27. The Kier molecular flexibility index (Phi) is 8.09. The van der Waals surface area contributed by atoms with Crippen molar-refractivity contribution >= 4 is 31.7 Å². The molecule has 188 valence electrons. The van der Waals surface area contributed by atoms with Gasteiger partial charge in [0.15, 0.2) is 8.32 Å². The molecule has 0 aliphatic carbocycles. The maximum absolute atomic E-state index is 15.2. The van der Waals surface area contributed by atoms with Crippen LogP contribution in [0, 0.1) is 5.82 Å².